The van der Waals surface area contributed by atoms with Crippen LogP contribution in [0.2, 0.25) is 0 Å². The minimum absolute atomic E-state index is 0.125. The lowest BCUT2D eigenvalue weighted by Gasteiger charge is -2.36. The maximum Gasteiger partial charge on any atom is 0.409 e. The second kappa shape index (κ2) is 9.39. The van der Waals surface area contributed by atoms with Crippen molar-refractivity contribution in [2.75, 3.05) is 42.4 Å². The van der Waals surface area contributed by atoms with Crippen molar-refractivity contribution in [3.63, 3.8) is 0 Å². The number of carboxylic acid groups (broad SMARTS) is 1. The molecule has 172 valence electrons. The Kier molecular flexibility index (Phi) is 6.82. The number of nitrogens with zero attached hydrogens (tertiary/aromatic N) is 2. The molecule has 0 spiro atoms. The molecule has 2 aromatic carbocycles. The molecule has 0 aliphatic carbocycles. The quantitative estimate of drug-likeness (QED) is 0.668. The van der Waals surface area contributed by atoms with Crippen molar-refractivity contribution in [1.29, 1.82) is 0 Å². The first-order valence-electron chi connectivity index (χ1n) is 9.64. The van der Waals surface area contributed by atoms with Gasteiger partial charge in [0.15, 0.2) is 0 Å². The Morgan fingerprint density at radius 3 is 2.41 bits per heavy atom. The summed E-state index contributed by atoms with van der Waals surface area (Å²) in [7, 11) is -4.50. The van der Waals surface area contributed by atoms with Crippen LogP contribution < -0.4 is 9.62 Å². The number of carboxylic acids is 1. The van der Waals surface area contributed by atoms with Gasteiger partial charge in [-0.15, -0.1) is 0 Å². The van der Waals surface area contributed by atoms with Crippen LogP contribution in [0.1, 0.15) is 17.3 Å². The van der Waals surface area contributed by atoms with Gasteiger partial charge in [0.25, 0.3) is 10.0 Å². The topological polar surface area (TPSA) is 116 Å². The lowest BCUT2D eigenvalue weighted by Crippen LogP contribution is -2.49. The second-order valence-corrected chi connectivity index (χ2v) is 8.54. The van der Waals surface area contributed by atoms with Crippen LogP contribution in [-0.2, 0) is 14.8 Å². The van der Waals surface area contributed by atoms with E-state index < -0.39 is 38.6 Å². The van der Waals surface area contributed by atoms with Crippen molar-refractivity contribution in [1.82, 2.24) is 4.90 Å². The van der Waals surface area contributed by atoms with Crippen LogP contribution in [0.3, 0.4) is 0 Å². The number of amides is 1. The third kappa shape index (κ3) is 5.07. The van der Waals surface area contributed by atoms with E-state index >= 15 is 0 Å². The number of ether oxygens (including phenoxy) is 1. The van der Waals surface area contributed by atoms with E-state index in [4.69, 9.17) is 4.74 Å². The van der Waals surface area contributed by atoms with Gasteiger partial charge >= 0.3 is 12.1 Å². The summed E-state index contributed by atoms with van der Waals surface area (Å²) in [6, 6.07) is 5.85. The van der Waals surface area contributed by atoms with Crippen molar-refractivity contribution >= 4 is 33.5 Å². The molecule has 1 aliphatic heterocycles. The number of piperazine rings is 1. The fourth-order valence-electron chi connectivity index (χ4n) is 3.28. The zero-order valence-corrected chi connectivity index (χ0v) is 17.9. The molecule has 0 radical (unpaired) electrons. The number of carbonyl (C=O) groups is 2. The molecular formula is C20H21F2N3O6S. The molecule has 1 aliphatic rings. The Bertz CT molecular complexity index is 1130. The van der Waals surface area contributed by atoms with Gasteiger partial charge in [0, 0.05) is 31.9 Å². The van der Waals surface area contributed by atoms with Crippen LogP contribution in [-0.4, -0.2) is 63.3 Å². The SMILES string of the molecule is CCOC(=O)N1CCN(c2ccc(NS(=O)(=O)c3cc(F)ccc3F)cc2C(=O)O)CC1. The van der Waals surface area contributed by atoms with E-state index in [1.165, 1.54) is 17.0 Å². The summed E-state index contributed by atoms with van der Waals surface area (Å²) in [6.45, 7) is 3.29. The third-order valence-electron chi connectivity index (χ3n) is 4.81. The Morgan fingerprint density at radius 2 is 1.78 bits per heavy atom. The highest BCUT2D eigenvalue weighted by Gasteiger charge is 2.26. The Labute approximate surface area is 183 Å². The first kappa shape index (κ1) is 23.3. The summed E-state index contributed by atoms with van der Waals surface area (Å²) in [5.41, 5.74) is 0.0235. The predicted molar refractivity (Wildman–Crippen MR) is 111 cm³/mol. The summed E-state index contributed by atoms with van der Waals surface area (Å²) >= 11 is 0. The molecule has 0 atom stereocenters. The largest absolute Gasteiger partial charge is 0.478 e. The number of rotatable bonds is 6. The molecule has 2 aromatic rings. The van der Waals surface area contributed by atoms with Crippen LogP contribution in [0.4, 0.5) is 25.0 Å². The highest BCUT2D eigenvalue weighted by Crippen LogP contribution is 2.28. The number of nitrogens with one attached hydrogen (secondary N) is 1. The normalized spacial score (nSPS) is 14.2. The van der Waals surface area contributed by atoms with Crippen molar-refractivity contribution in [3.8, 4) is 0 Å². The molecule has 0 unspecified atom stereocenters. The van der Waals surface area contributed by atoms with Crippen LogP contribution in [0.15, 0.2) is 41.3 Å². The average Bonchev–Trinajstić information content (AvgIpc) is 2.75. The van der Waals surface area contributed by atoms with Crippen molar-refractivity contribution in [2.45, 2.75) is 11.8 Å². The number of halogens is 2. The van der Waals surface area contributed by atoms with Crippen LogP contribution >= 0.6 is 0 Å². The van der Waals surface area contributed by atoms with E-state index in [1.807, 2.05) is 0 Å². The van der Waals surface area contributed by atoms with Crippen LogP contribution in [0.5, 0.6) is 0 Å². The highest BCUT2D eigenvalue weighted by atomic mass is 32.2. The Hall–Kier alpha value is -3.41. The molecule has 0 aromatic heterocycles. The molecule has 1 saturated heterocycles. The Morgan fingerprint density at radius 1 is 1.09 bits per heavy atom. The van der Waals surface area contributed by atoms with Gasteiger partial charge < -0.3 is 19.6 Å². The second-order valence-electron chi connectivity index (χ2n) is 6.89. The van der Waals surface area contributed by atoms with Gasteiger partial charge in [-0.3, -0.25) is 4.72 Å². The zero-order chi connectivity index (χ0) is 23.5. The third-order valence-corrected chi connectivity index (χ3v) is 6.20. The molecule has 1 amide bonds. The molecule has 1 heterocycles. The lowest BCUT2D eigenvalue weighted by molar-refractivity contribution is 0.0696. The number of sulfonamides is 1. The van der Waals surface area contributed by atoms with Crippen LogP contribution in [0, 0.1) is 11.6 Å². The summed E-state index contributed by atoms with van der Waals surface area (Å²) in [4.78, 5) is 26.0. The van der Waals surface area contributed by atoms with E-state index in [9.17, 15) is 31.9 Å². The predicted octanol–water partition coefficient (Wildman–Crippen LogP) is 2.74. The summed E-state index contributed by atoms with van der Waals surface area (Å²) < 4.78 is 59.3. The van der Waals surface area contributed by atoms with Crippen LogP contribution in [0.25, 0.3) is 0 Å². The minimum atomic E-state index is -4.50. The number of hydrogen-bond acceptors (Lipinski definition) is 6. The standard InChI is InChI=1S/C20H21F2N3O6S/c1-2-31-20(28)25-9-7-24(8-10-25)17-6-4-14(12-15(17)19(26)27)23-32(29,30)18-11-13(21)3-5-16(18)22/h3-6,11-12,23H,2,7-10H2,1H3,(H,26,27). The van der Waals surface area contributed by atoms with E-state index in [2.05, 4.69) is 4.72 Å². The van der Waals surface area contributed by atoms with E-state index in [-0.39, 0.29) is 17.9 Å². The first-order chi connectivity index (χ1) is 15.1. The maximum atomic E-state index is 13.9. The number of carbonyl (C=O) groups excluding carboxylic acids is 1. The van der Waals surface area contributed by atoms with Gasteiger partial charge in [0.2, 0.25) is 0 Å². The lowest BCUT2D eigenvalue weighted by atomic mass is 10.1. The molecule has 2 N–H and O–H groups in total. The maximum absolute atomic E-state index is 13.9. The average molecular weight is 469 g/mol. The Balaban J connectivity index is 1.82. The molecule has 32 heavy (non-hydrogen) atoms. The monoisotopic (exact) mass is 469 g/mol. The number of anilines is 2. The molecule has 0 bridgehead atoms. The number of benzene rings is 2. The van der Waals surface area contributed by atoms with Gasteiger partial charge in [-0.05, 0) is 43.3 Å². The van der Waals surface area contributed by atoms with E-state index in [0.29, 0.717) is 44.0 Å². The van der Waals surface area contributed by atoms with Gasteiger partial charge in [0.1, 0.15) is 16.5 Å². The summed E-state index contributed by atoms with van der Waals surface area (Å²) in [6.07, 6.45) is -0.444. The number of aromatic carboxylic acids is 1. The zero-order valence-electron chi connectivity index (χ0n) is 17.0. The van der Waals surface area contributed by atoms with Crippen molar-refractivity contribution in [3.05, 3.63) is 53.6 Å². The first-order valence-corrected chi connectivity index (χ1v) is 11.1. The van der Waals surface area contributed by atoms with Gasteiger partial charge in [-0.1, -0.05) is 0 Å². The molecule has 0 saturated carbocycles. The highest BCUT2D eigenvalue weighted by molar-refractivity contribution is 7.92. The smallest absolute Gasteiger partial charge is 0.409 e. The van der Waals surface area contributed by atoms with Crippen molar-refractivity contribution < 1.29 is 36.6 Å². The molecule has 12 heteroatoms. The minimum Gasteiger partial charge on any atom is -0.478 e. The molecule has 1 fully saturated rings. The van der Waals surface area contributed by atoms with Gasteiger partial charge in [0.05, 0.1) is 17.9 Å². The van der Waals surface area contributed by atoms with Gasteiger partial charge in [-0.25, -0.2) is 26.8 Å². The number of hydrogen-bond donors (Lipinski definition) is 2. The fraction of sp³-hybridized carbons (Fsp3) is 0.300. The van der Waals surface area contributed by atoms with E-state index in [0.717, 1.165) is 12.1 Å². The summed E-state index contributed by atoms with van der Waals surface area (Å²) in [5.74, 6) is -3.38. The van der Waals surface area contributed by atoms with Crippen molar-refractivity contribution in [2.24, 2.45) is 0 Å². The van der Waals surface area contributed by atoms with Gasteiger partial charge in [-0.2, -0.15) is 0 Å². The summed E-state index contributed by atoms with van der Waals surface area (Å²) in [5, 5.41) is 9.63. The molecule has 9 nitrogen and oxygen atoms in total. The molecular weight excluding hydrogens is 448 g/mol. The molecule has 3 rings (SSSR count). The fourth-order valence-corrected chi connectivity index (χ4v) is 4.42. The van der Waals surface area contributed by atoms with E-state index in [1.54, 1.807) is 11.8 Å².